The highest BCUT2D eigenvalue weighted by atomic mass is 19.4. The first-order chi connectivity index (χ1) is 19.0. The number of imidazole rings is 1. The molecular formula is C28H37F3N8O. The minimum atomic E-state index is -4.36. The quantitative estimate of drug-likeness (QED) is 0.323. The van der Waals surface area contributed by atoms with Crippen molar-refractivity contribution in [3.63, 3.8) is 0 Å². The Morgan fingerprint density at radius 2 is 1.90 bits per heavy atom. The number of alkyl halides is 3. The van der Waals surface area contributed by atoms with Crippen LogP contribution in [0.25, 0.3) is 11.2 Å². The van der Waals surface area contributed by atoms with Crippen molar-refractivity contribution in [2.24, 2.45) is 0 Å². The highest BCUT2D eigenvalue weighted by Gasteiger charge is 2.37. The van der Waals surface area contributed by atoms with Crippen molar-refractivity contribution in [2.45, 2.75) is 83.9 Å². The molecule has 2 aliphatic rings. The summed E-state index contributed by atoms with van der Waals surface area (Å²) < 4.78 is 48.7. The molecule has 0 aliphatic carbocycles. The lowest BCUT2D eigenvalue weighted by Crippen LogP contribution is -2.58. The number of ether oxygens (including phenoxy) is 1. The number of fused-ring (bicyclic) bond motifs is 1. The summed E-state index contributed by atoms with van der Waals surface area (Å²) in [6.45, 7) is 10.8. The van der Waals surface area contributed by atoms with Crippen molar-refractivity contribution in [2.75, 3.05) is 24.6 Å². The van der Waals surface area contributed by atoms with E-state index in [0.717, 1.165) is 55.7 Å². The maximum Gasteiger partial charge on any atom is 0.416 e. The minimum absolute atomic E-state index is 0.00857. The SMILES string of the molecule is CC[C@@H]1CN(c2nc(=N)n(C=N)c3c2nc(C)n3C[C@@H]2CCCO2)[C@@H](C)CN1[C@H](C)c1ccc(C(F)(F)F)cc1. The normalized spacial score (nSPS) is 23.2. The first kappa shape index (κ1) is 28.3. The average Bonchev–Trinajstić information content (AvgIpc) is 3.56. The Morgan fingerprint density at radius 1 is 1.18 bits per heavy atom. The Hall–Kier alpha value is -3.25. The Labute approximate surface area is 231 Å². The van der Waals surface area contributed by atoms with Gasteiger partial charge in [-0.1, -0.05) is 19.1 Å². The van der Waals surface area contributed by atoms with E-state index < -0.39 is 11.7 Å². The molecule has 4 atom stereocenters. The number of piperazine rings is 1. The van der Waals surface area contributed by atoms with E-state index in [0.29, 0.717) is 36.6 Å². The summed E-state index contributed by atoms with van der Waals surface area (Å²) in [5, 5.41) is 16.7. The van der Waals surface area contributed by atoms with Gasteiger partial charge in [0.2, 0.25) is 5.62 Å². The summed E-state index contributed by atoms with van der Waals surface area (Å²) >= 11 is 0. The highest BCUT2D eigenvalue weighted by Crippen LogP contribution is 2.35. The second kappa shape index (κ2) is 11.0. The van der Waals surface area contributed by atoms with Crippen molar-refractivity contribution in [1.82, 2.24) is 24.0 Å². The van der Waals surface area contributed by atoms with E-state index in [1.54, 1.807) is 12.1 Å². The lowest BCUT2D eigenvalue weighted by molar-refractivity contribution is -0.137. The molecule has 0 amide bonds. The number of aryl methyl sites for hydroxylation is 1. The Morgan fingerprint density at radius 3 is 2.50 bits per heavy atom. The lowest BCUT2D eigenvalue weighted by Gasteiger charge is -2.48. The third kappa shape index (κ3) is 5.14. The fraction of sp³-hybridized carbons (Fsp3) is 0.571. The molecule has 3 aromatic rings. The van der Waals surface area contributed by atoms with Crippen LogP contribution in [0.1, 0.15) is 63.0 Å². The van der Waals surface area contributed by atoms with Crippen molar-refractivity contribution in [3.8, 4) is 0 Å². The van der Waals surface area contributed by atoms with Crippen LogP contribution in [0.5, 0.6) is 0 Å². The molecule has 0 unspecified atom stereocenters. The second-order valence-electron chi connectivity index (χ2n) is 10.9. The molecule has 0 radical (unpaired) electrons. The highest BCUT2D eigenvalue weighted by molar-refractivity contribution is 5.88. The molecule has 2 saturated heterocycles. The van der Waals surface area contributed by atoms with E-state index in [1.807, 2.05) is 18.4 Å². The molecule has 2 fully saturated rings. The van der Waals surface area contributed by atoms with Crippen molar-refractivity contribution >= 4 is 23.3 Å². The largest absolute Gasteiger partial charge is 0.416 e. The number of nitrogens with zero attached hydrogens (tertiary/aromatic N) is 6. The van der Waals surface area contributed by atoms with Crippen molar-refractivity contribution in [1.29, 1.82) is 10.8 Å². The molecule has 2 aliphatic heterocycles. The number of aromatic nitrogens is 4. The topological polar surface area (TPSA) is 99.1 Å². The van der Waals surface area contributed by atoms with Crippen LogP contribution in [0.15, 0.2) is 24.3 Å². The monoisotopic (exact) mass is 558 g/mol. The summed E-state index contributed by atoms with van der Waals surface area (Å²) in [5.74, 6) is 1.41. The van der Waals surface area contributed by atoms with Gasteiger partial charge >= 0.3 is 6.18 Å². The second-order valence-corrected chi connectivity index (χ2v) is 10.9. The molecule has 12 heteroatoms. The minimum Gasteiger partial charge on any atom is -0.376 e. The number of anilines is 1. The van der Waals surface area contributed by atoms with Gasteiger partial charge in [0.05, 0.1) is 24.6 Å². The molecule has 5 rings (SSSR count). The number of rotatable bonds is 7. The zero-order valence-electron chi connectivity index (χ0n) is 23.4. The molecule has 0 spiro atoms. The Kier molecular flexibility index (Phi) is 7.75. The van der Waals surface area contributed by atoms with E-state index in [9.17, 15) is 13.2 Å². The van der Waals surface area contributed by atoms with Gasteiger partial charge in [-0.2, -0.15) is 18.2 Å². The van der Waals surface area contributed by atoms with Crippen molar-refractivity contribution < 1.29 is 17.9 Å². The average molecular weight is 559 g/mol. The molecule has 0 bridgehead atoms. The fourth-order valence-corrected chi connectivity index (χ4v) is 6.13. The smallest absolute Gasteiger partial charge is 0.376 e. The summed E-state index contributed by atoms with van der Waals surface area (Å²) in [5.41, 5.74) is 1.48. The molecule has 40 heavy (non-hydrogen) atoms. The van der Waals surface area contributed by atoms with Crippen LogP contribution in [-0.2, 0) is 17.5 Å². The molecule has 2 aromatic heterocycles. The maximum atomic E-state index is 13.1. The molecule has 216 valence electrons. The number of nitrogens with one attached hydrogen (secondary N) is 2. The summed E-state index contributed by atoms with van der Waals surface area (Å²) in [4.78, 5) is 14.1. The van der Waals surface area contributed by atoms with E-state index in [1.165, 1.54) is 4.57 Å². The predicted octanol–water partition coefficient (Wildman–Crippen LogP) is 4.72. The van der Waals surface area contributed by atoms with Gasteiger partial charge < -0.3 is 14.2 Å². The standard InChI is InChI=1S/C28H37F3N8O/c1-5-22-14-36(17(2)13-37(22)18(3)20-8-10-21(11-9-20)28(29,30)31)25-24-26(39(16-32)27(33)35-25)38(19(4)34-24)15-23-7-6-12-40-23/h8-11,16-18,22-23,32-33H,5-7,12-15H2,1-4H3/t17-,18+,22+,23-/m0/s1. The zero-order valence-corrected chi connectivity index (χ0v) is 23.4. The third-order valence-electron chi connectivity index (χ3n) is 8.40. The molecule has 9 nitrogen and oxygen atoms in total. The number of benzene rings is 1. The number of hydrogen-bond acceptors (Lipinski definition) is 7. The van der Waals surface area contributed by atoms with Crippen LogP contribution < -0.4 is 10.5 Å². The molecular weight excluding hydrogens is 521 g/mol. The molecule has 4 heterocycles. The van der Waals surface area contributed by atoms with E-state index >= 15 is 0 Å². The van der Waals surface area contributed by atoms with Crippen LogP contribution >= 0.6 is 0 Å². The fourth-order valence-electron chi connectivity index (χ4n) is 6.13. The van der Waals surface area contributed by atoms with E-state index in [-0.39, 0.29) is 29.8 Å². The molecule has 2 N–H and O–H groups in total. The van der Waals surface area contributed by atoms with Gasteiger partial charge in [0, 0.05) is 37.8 Å². The summed E-state index contributed by atoms with van der Waals surface area (Å²) in [7, 11) is 0. The van der Waals surface area contributed by atoms with Gasteiger partial charge in [0.15, 0.2) is 11.5 Å². The Bertz CT molecular complexity index is 1420. The molecule has 0 saturated carbocycles. The van der Waals surface area contributed by atoms with Gasteiger partial charge in [-0.15, -0.1) is 0 Å². The van der Waals surface area contributed by atoms with E-state index in [4.69, 9.17) is 20.5 Å². The summed E-state index contributed by atoms with van der Waals surface area (Å²) in [6, 6.07) is 5.51. The van der Waals surface area contributed by atoms with E-state index in [2.05, 4.69) is 28.6 Å². The number of hydrogen-bond donors (Lipinski definition) is 2. The van der Waals surface area contributed by atoms with Crippen LogP contribution in [-0.4, -0.2) is 68.2 Å². The van der Waals surface area contributed by atoms with Crippen LogP contribution in [0.3, 0.4) is 0 Å². The summed E-state index contributed by atoms with van der Waals surface area (Å²) in [6.07, 6.45) is -0.364. The van der Waals surface area contributed by atoms with Crippen LogP contribution in [0.2, 0.25) is 0 Å². The van der Waals surface area contributed by atoms with Gasteiger partial charge in [0.1, 0.15) is 11.3 Å². The number of halogens is 3. The maximum absolute atomic E-state index is 13.1. The zero-order chi connectivity index (χ0) is 28.8. The van der Waals surface area contributed by atoms with Crippen molar-refractivity contribution in [3.05, 3.63) is 46.8 Å². The lowest BCUT2D eigenvalue weighted by atomic mass is 9.98. The van der Waals surface area contributed by atoms with Gasteiger partial charge in [-0.3, -0.25) is 20.3 Å². The first-order valence-electron chi connectivity index (χ1n) is 13.9. The third-order valence-corrected chi connectivity index (χ3v) is 8.40. The Balaban J connectivity index is 1.47. The molecule has 1 aromatic carbocycles. The van der Waals surface area contributed by atoms with Crippen LogP contribution in [0.4, 0.5) is 19.0 Å². The van der Waals surface area contributed by atoms with Gasteiger partial charge in [-0.05, 0) is 57.7 Å². The first-order valence-corrected chi connectivity index (χ1v) is 13.9. The predicted molar refractivity (Wildman–Crippen MR) is 147 cm³/mol. The van der Waals surface area contributed by atoms with Gasteiger partial charge in [-0.25, -0.2) is 4.98 Å². The van der Waals surface area contributed by atoms with Crippen LogP contribution in [0, 0.1) is 17.7 Å². The van der Waals surface area contributed by atoms with Gasteiger partial charge in [0.25, 0.3) is 0 Å².